The van der Waals surface area contributed by atoms with Crippen LogP contribution in [0.1, 0.15) is 66.2 Å². The summed E-state index contributed by atoms with van der Waals surface area (Å²) in [7, 11) is -1.47. The maximum Gasteiger partial charge on any atom is 0.369 e. The van der Waals surface area contributed by atoms with Crippen molar-refractivity contribution in [3.63, 3.8) is 0 Å². The van der Waals surface area contributed by atoms with E-state index < -0.39 is 34.2 Å². The first kappa shape index (κ1) is 31.0. The first-order valence-corrected chi connectivity index (χ1v) is 12.3. The van der Waals surface area contributed by atoms with Crippen LogP contribution in [0.25, 0.3) is 0 Å². The highest BCUT2D eigenvalue weighted by molar-refractivity contribution is 7.80. The van der Waals surface area contributed by atoms with Gasteiger partial charge in [0, 0.05) is 13.5 Å². The Labute approximate surface area is 196 Å². The van der Waals surface area contributed by atoms with Crippen LogP contribution in [0, 0.1) is 0 Å². The van der Waals surface area contributed by atoms with Gasteiger partial charge < -0.3 is 18.8 Å². The van der Waals surface area contributed by atoms with E-state index in [2.05, 4.69) is 11.1 Å². The molecular weight excluding hydrogens is 456 g/mol. The lowest BCUT2D eigenvalue weighted by atomic mass is 10.0. The summed E-state index contributed by atoms with van der Waals surface area (Å²) in [6.45, 7) is 7.39. The predicted octanol–water partition coefficient (Wildman–Crippen LogP) is 1.95. The van der Waals surface area contributed by atoms with Gasteiger partial charge in [0.1, 0.15) is 12.4 Å². The number of hydrogen-bond acceptors (Lipinski definition) is 9. The van der Waals surface area contributed by atoms with Gasteiger partial charge in [-0.1, -0.05) is 39.0 Å². The highest BCUT2D eigenvalue weighted by Gasteiger charge is 2.51. The quantitative estimate of drug-likeness (QED) is 0.0722. The van der Waals surface area contributed by atoms with Gasteiger partial charge in [0.15, 0.2) is 6.29 Å². The van der Waals surface area contributed by atoms with E-state index in [0.717, 1.165) is 12.8 Å². The number of carbonyl (C=O) groups excluding carboxylic acids is 2. The molecule has 0 fully saturated rings. The van der Waals surface area contributed by atoms with Crippen molar-refractivity contribution in [2.75, 3.05) is 20.3 Å². The maximum atomic E-state index is 12.3. The molecule has 0 amide bonds. The molecule has 11 nitrogen and oxygen atoms in total. The number of carbonyl (C=O) groups is 2. The number of methoxy groups -OCH3 is 1. The average Bonchev–Trinajstić information content (AvgIpc) is 3.18. The molecule has 1 aromatic heterocycles. The molecule has 0 saturated carbocycles. The van der Waals surface area contributed by atoms with Crippen LogP contribution in [0.4, 0.5) is 0 Å². The standard InChI is InChI=1S/C13H21N2O5.C8H18O4S/c1-6-19-10(2)20-12(17)13(3,11(16)18-5)15-8-7-14(4)9-15;1-2-3-4-5-6-7-8-12-13(9,10)11/h7-10H,6H2,1-5H3;2-8H2,1H3,(H,9,10,11)/q+1;/p-1. The Morgan fingerprint density at radius 2 is 1.73 bits per heavy atom. The van der Waals surface area contributed by atoms with E-state index in [1.165, 1.54) is 37.9 Å². The molecule has 12 heteroatoms. The number of nitrogens with zero attached hydrogens (tertiary/aromatic N) is 2. The number of ether oxygens (including phenoxy) is 3. The normalized spacial score (nSPS) is 13.9. The van der Waals surface area contributed by atoms with Crippen molar-refractivity contribution in [2.45, 2.75) is 78.0 Å². The third-order valence-electron chi connectivity index (χ3n) is 4.67. The first-order valence-electron chi connectivity index (χ1n) is 11.0. The van der Waals surface area contributed by atoms with E-state index in [0.29, 0.717) is 13.0 Å². The zero-order valence-electron chi connectivity index (χ0n) is 20.4. The zero-order chi connectivity index (χ0) is 25.5. The summed E-state index contributed by atoms with van der Waals surface area (Å²) in [5.74, 6) is -1.44. The predicted molar refractivity (Wildman–Crippen MR) is 117 cm³/mol. The molecule has 0 N–H and O–H groups in total. The molecule has 0 bridgehead atoms. The third kappa shape index (κ3) is 12.1. The van der Waals surface area contributed by atoms with Crippen molar-refractivity contribution in [1.29, 1.82) is 0 Å². The monoisotopic (exact) mass is 494 g/mol. The van der Waals surface area contributed by atoms with Gasteiger partial charge in [-0.2, -0.15) is 0 Å². The molecule has 0 aromatic carbocycles. The molecule has 0 saturated heterocycles. The van der Waals surface area contributed by atoms with Gasteiger partial charge in [-0.15, -0.1) is 0 Å². The summed E-state index contributed by atoms with van der Waals surface area (Å²) in [6.07, 6.45) is 10.4. The molecule has 1 aromatic rings. The zero-order valence-corrected chi connectivity index (χ0v) is 21.3. The molecule has 0 aliphatic carbocycles. The van der Waals surface area contributed by atoms with Crippen LogP contribution >= 0.6 is 0 Å². The van der Waals surface area contributed by atoms with Crippen LogP contribution in [0.15, 0.2) is 18.7 Å². The Hall–Kier alpha value is -2.02. The number of aryl methyl sites for hydroxylation is 1. The van der Waals surface area contributed by atoms with Gasteiger partial charge in [-0.05, 0) is 20.3 Å². The van der Waals surface area contributed by atoms with E-state index in [1.807, 2.05) is 0 Å². The fourth-order valence-corrected chi connectivity index (χ4v) is 3.11. The lowest BCUT2D eigenvalue weighted by Gasteiger charge is -2.23. The molecule has 1 heterocycles. The Balaban J connectivity index is 0.000000684. The number of imidazole rings is 1. The second kappa shape index (κ2) is 15.8. The van der Waals surface area contributed by atoms with Gasteiger partial charge >= 0.3 is 17.5 Å². The van der Waals surface area contributed by atoms with Crippen molar-refractivity contribution in [3.05, 3.63) is 18.7 Å². The van der Waals surface area contributed by atoms with Crippen LogP contribution in [0.3, 0.4) is 0 Å². The summed E-state index contributed by atoms with van der Waals surface area (Å²) in [5, 5.41) is 0. The highest BCUT2D eigenvalue weighted by atomic mass is 32.3. The first-order chi connectivity index (χ1) is 15.4. The summed E-state index contributed by atoms with van der Waals surface area (Å²) in [6, 6.07) is 0. The van der Waals surface area contributed by atoms with Crippen LogP contribution in [-0.2, 0) is 51.0 Å². The SMILES string of the molecule is CCCCCCCCOS(=O)(=O)[O-].CCOC(C)OC(=O)C(C)(C(=O)OC)n1cc[n+](C)c1. The Morgan fingerprint density at radius 1 is 1.12 bits per heavy atom. The smallest absolute Gasteiger partial charge is 0.369 e. The minimum atomic E-state index is -4.47. The number of esters is 2. The lowest BCUT2D eigenvalue weighted by molar-refractivity contribution is -0.671. The Morgan fingerprint density at radius 3 is 2.21 bits per heavy atom. The van der Waals surface area contributed by atoms with E-state index in [1.54, 1.807) is 44.2 Å². The van der Waals surface area contributed by atoms with Crippen molar-refractivity contribution in [1.82, 2.24) is 4.57 Å². The largest absolute Gasteiger partial charge is 0.726 e. The second-order valence-corrected chi connectivity index (χ2v) is 8.53. The Bertz CT molecular complexity index is 810. The van der Waals surface area contributed by atoms with Gasteiger partial charge in [0.2, 0.25) is 16.7 Å². The molecule has 0 radical (unpaired) electrons. The number of rotatable bonds is 14. The van der Waals surface area contributed by atoms with Gasteiger partial charge in [-0.25, -0.2) is 27.1 Å². The van der Waals surface area contributed by atoms with E-state index in [-0.39, 0.29) is 6.61 Å². The fraction of sp³-hybridized carbons (Fsp3) is 0.762. The molecule has 33 heavy (non-hydrogen) atoms. The molecule has 0 aliphatic rings. The van der Waals surface area contributed by atoms with Crippen molar-refractivity contribution in [3.8, 4) is 0 Å². The molecule has 2 unspecified atom stereocenters. The topological polar surface area (TPSA) is 137 Å². The van der Waals surface area contributed by atoms with Crippen LogP contribution in [0.5, 0.6) is 0 Å². The number of unbranched alkanes of at least 4 members (excludes halogenated alkanes) is 5. The van der Waals surface area contributed by atoms with Gasteiger partial charge in [-0.3, -0.25) is 4.18 Å². The minimum Gasteiger partial charge on any atom is -0.726 e. The summed E-state index contributed by atoms with van der Waals surface area (Å²) in [4.78, 5) is 24.4. The molecule has 2 atom stereocenters. The minimum absolute atomic E-state index is 0.0258. The average molecular weight is 495 g/mol. The van der Waals surface area contributed by atoms with Crippen LogP contribution in [0.2, 0.25) is 0 Å². The fourth-order valence-electron chi connectivity index (χ4n) is 2.79. The second-order valence-electron chi connectivity index (χ2n) is 7.48. The van der Waals surface area contributed by atoms with Crippen molar-refractivity contribution >= 4 is 22.3 Å². The van der Waals surface area contributed by atoms with Gasteiger partial charge in [0.05, 0.1) is 20.8 Å². The summed E-state index contributed by atoms with van der Waals surface area (Å²) in [5.41, 5.74) is -1.60. The molecule has 0 aliphatic heterocycles. The number of hydrogen-bond donors (Lipinski definition) is 0. The van der Waals surface area contributed by atoms with Gasteiger partial charge in [0.25, 0.3) is 0 Å². The van der Waals surface area contributed by atoms with Crippen molar-refractivity contribution < 1.29 is 45.5 Å². The highest BCUT2D eigenvalue weighted by Crippen LogP contribution is 2.20. The maximum absolute atomic E-state index is 12.3. The molecule has 1 rings (SSSR count). The lowest BCUT2D eigenvalue weighted by Crippen LogP contribution is -2.49. The summed E-state index contributed by atoms with van der Waals surface area (Å²) < 4.78 is 52.2. The van der Waals surface area contributed by atoms with Crippen LogP contribution < -0.4 is 4.57 Å². The van der Waals surface area contributed by atoms with E-state index >= 15 is 0 Å². The summed E-state index contributed by atoms with van der Waals surface area (Å²) >= 11 is 0. The van der Waals surface area contributed by atoms with E-state index in [4.69, 9.17) is 14.2 Å². The third-order valence-corrected chi connectivity index (χ3v) is 5.12. The molecular formula is C21H38N2O9S. The number of aromatic nitrogens is 2. The molecule has 192 valence electrons. The van der Waals surface area contributed by atoms with Crippen LogP contribution in [-0.4, -0.2) is 56.1 Å². The Kier molecular flexibility index (Phi) is 14.8. The molecule has 0 spiro atoms. The van der Waals surface area contributed by atoms with Crippen molar-refractivity contribution in [2.24, 2.45) is 7.05 Å². The van der Waals surface area contributed by atoms with E-state index in [9.17, 15) is 22.6 Å².